The molecule has 1 N–H and O–H groups in total. The fourth-order valence-electron chi connectivity index (χ4n) is 0.533. The molecule has 0 bridgehead atoms. The minimum atomic E-state index is 0.317. The average molecular weight is 177 g/mol. The van der Waals surface area contributed by atoms with Gasteiger partial charge in [0.05, 0.1) is 0 Å². The second-order valence-electron chi connectivity index (χ2n) is 1.61. The third kappa shape index (κ3) is 2.10. The quantitative estimate of drug-likeness (QED) is 0.703. The predicted molar refractivity (Wildman–Crippen MR) is 42.3 cm³/mol. The topological polar surface area (TPSA) is 29.5 Å². The molecule has 0 fully saturated rings. The van der Waals surface area contributed by atoms with Gasteiger partial charge in [0, 0.05) is 5.02 Å². The van der Waals surface area contributed by atoms with Crippen molar-refractivity contribution in [3.8, 4) is 5.75 Å². The molecule has 1 rings (SSSR count). The molecule has 0 saturated heterocycles. The van der Waals surface area contributed by atoms with Crippen LogP contribution in [0, 0.1) is 0 Å². The Hall–Kier alpha value is -0.380. The first-order valence-electron chi connectivity index (χ1n) is 2.56. The van der Waals surface area contributed by atoms with Crippen molar-refractivity contribution in [3.63, 3.8) is 0 Å². The number of hydrogen-bond donors (Lipinski definition) is 1. The molecule has 0 amide bonds. The lowest BCUT2D eigenvalue weighted by Gasteiger charge is -1.96. The van der Waals surface area contributed by atoms with Crippen LogP contribution in [0.2, 0.25) is 5.02 Å². The molecule has 0 aliphatic carbocycles. The summed E-state index contributed by atoms with van der Waals surface area (Å²) in [5.74, 6) is 0.580. The Bertz CT molecular complexity index is 199. The summed E-state index contributed by atoms with van der Waals surface area (Å²) < 4.78 is 12.9. The lowest BCUT2D eigenvalue weighted by atomic mass is 10.3. The molecular formula is C6H5ClO2S. The lowest BCUT2D eigenvalue weighted by molar-refractivity contribution is 0.541. The molecule has 0 spiro atoms. The van der Waals surface area contributed by atoms with Gasteiger partial charge in [0.2, 0.25) is 12.3 Å². The van der Waals surface area contributed by atoms with Gasteiger partial charge in [0.15, 0.2) is 0 Å². The van der Waals surface area contributed by atoms with E-state index in [1.54, 1.807) is 24.3 Å². The van der Waals surface area contributed by atoms with Gasteiger partial charge in [-0.05, 0) is 24.3 Å². The first-order valence-corrected chi connectivity index (χ1v) is 3.64. The molecule has 1 aromatic carbocycles. The molecule has 0 unspecified atom stereocenters. The van der Waals surface area contributed by atoms with Crippen molar-refractivity contribution in [2.75, 3.05) is 0 Å². The molecule has 0 atom stereocenters. The molecule has 4 heteroatoms. The van der Waals surface area contributed by atoms with Crippen LogP contribution >= 0.6 is 23.9 Å². The van der Waals surface area contributed by atoms with Crippen molar-refractivity contribution in [2.45, 2.75) is 0 Å². The highest BCUT2D eigenvalue weighted by atomic mass is 35.5. The summed E-state index contributed by atoms with van der Waals surface area (Å²) in [6, 6.07) is 6.72. The highest BCUT2D eigenvalue weighted by molar-refractivity contribution is 7.89. The van der Waals surface area contributed by atoms with Gasteiger partial charge in [-0.15, -0.1) is 0 Å². The Morgan fingerprint density at radius 3 is 2.40 bits per heavy atom. The van der Waals surface area contributed by atoms with Gasteiger partial charge in [-0.1, -0.05) is 11.6 Å². The summed E-state index contributed by atoms with van der Waals surface area (Å²) in [6.07, 6.45) is 0. The van der Waals surface area contributed by atoms with E-state index in [2.05, 4.69) is 4.18 Å². The molecule has 0 aromatic heterocycles. The van der Waals surface area contributed by atoms with Crippen molar-refractivity contribution < 1.29 is 8.74 Å². The van der Waals surface area contributed by atoms with Gasteiger partial charge in [0.25, 0.3) is 0 Å². The van der Waals surface area contributed by atoms with E-state index in [0.29, 0.717) is 23.1 Å². The second-order valence-corrected chi connectivity index (χ2v) is 2.36. The number of benzene rings is 1. The maximum atomic E-state index is 8.25. The van der Waals surface area contributed by atoms with E-state index in [1.165, 1.54) is 0 Å². The van der Waals surface area contributed by atoms with Crippen LogP contribution in [0.3, 0.4) is 0 Å². The molecule has 0 aliphatic rings. The van der Waals surface area contributed by atoms with Crippen molar-refractivity contribution >= 4 is 23.9 Å². The minimum absolute atomic E-state index is 0.317. The van der Waals surface area contributed by atoms with Crippen LogP contribution in [-0.2, 0) is 0 Å². The van der Waals surface area contributed by atoms with Crippen LogP contribution in [0.1, 0.15) is 0 Å². The van der Waals surface area contributed by atoms with Crippen LogP contribution in [0.4, 0.5) is 0 Å². The Morgan fingerprint density at radius 2 is 1.90 bits per heavy atom. The van der Waals surface area contributed by atoms with Gasteiger partial charge in [-0.25, -0.2) is 0 Å². The molecule has 10 heavy (non-hydrogen) atoms. The van der Waals surface area contributed by atoms with E-state index in [-0.39, 0.29) is 0 Å². The lowest BCUT2D eigenvalue weighted by Crippen LogP contribution is -1.77. The third-order valence-corrected chi connectivity index (χ3v) is 1.47. The maximum Gasteiger partial charge on any atom is 0.222 e. The molecule has 54 valence electrons. The van der Waals surface area contributed by atoms with Crippen molar-refractivity contribution in [1.29, 1.82) is 0 Å². The van der Waals surface area contributed by atoms with E-state index in [4.69, 9.17) is 16.2 Å². The summed E-state index contributed by atoms with van der Waals surface area (Å²) in [4.78, 5) is 0. The molecule has 0 heterocycles. The van der Waals surface area contributed by atoms with Crippen LogP contribution < -0.4 is 4.18 Å². The van der Waals surface area contributed by atoms with Crippen molar-refractivity contribution in [1.82, 2.24) is 0 Å². The molecule has 0 saturated carbocycles. The summed E-state index contributed by atoms with van der Waals surface area (Å²) >= 11 is 5.90. The Labute approximate surface area is 68.2 Å². The molecule has 0 aliphatic heterocycles. The van der Waals surface area contributed by atoms with Crippen molar-refractivity contribution in [3.05, 3.63) is 29.3 Å². The fraction of sp³-hybridized carbons (Fsp3) is 0. The Kier molecular flexibility index (Phi) is 2.86. The normalized spacial score (nSPS) is 9.40. The average Bonchev–Trinajstić information content (AvgIpc) is 1.95. The first-order chi connectivity index (χ1) is 4.83. The fourth-order valence-corrected chi connectivity index (χ4v) is 0.856. The van der Waals surface area contributed by atoms with Crippen LogP contribution in [0.25, 0.3) is 0 Å². The monoisotopic (exact) mass is 176 g/mol. The zero-order chi connectivity index (χ0) is 7.40. The third-order valence-electron chi connectivity index (χ3n) is 0.947. The highest BCUT2D eigenvalue weighted by Gasteiger charge is 1.91. The van der Waals surface area contributed by atoms with Gasteiger partial charge in [-0.2, -0.15) is 0 Å². The van der Waals surface area contributed by atoms with Gasteiger partial charge in [0.1, 0.15) is 5.75 Å². The standard InChI is InChI=1S/C6H5ClO2S/c7-5-1-3-6(4-2-5)9-10-8/h1-4,8H. The van der Waals surface area contributed by atoms with Gasteiger partial charge >= 0.3 is 0 Å². The van der Waals surface area contributed by atoms with E-state index in [9.17, 15) is 0 Å². The SMILES string of the molecule is OSOc1ccc(Cl)cc1. The second kappa shape index (κ2) is 3.71. The first kappa shape index (κ1) is 7.72. The summed E-state index contributed by atoms with van der Waals surface area (Å²) in [7, 11) is 0. The number of halogens is 1. The van der Waals surface area contributed by atoms with Crippen molar-refractivity contribution in [2.24, 2.45) is 0 Å². The Morgan fingerprint density at radius 1 is 1.30 bits per heavy atom. The number of rotatable bonds is 2. The largest absolute Gasteiger partial charge is 0.401 e. The molecular weight excluding hydrogens is 172 g/mol. The summed E-state index contributed by atoms with van der Waals surface area (Å²) in [5, 5.41) is 0.648. The van der Waals surface area contributed by atoms with E-state index in [0.717, 1.165) is 0 Å². The summed E-state index contributed by atoms with van der Waals surface area (Å²) in [6.45, 7) is 0. The number of hydrogen-bond acceptors (Lipinski definition) is 3. The van der Waals surface area contributed by atoms with Crippen LogP contribution in [-0.4, -0.2) is 4.55 Å². The summed E-state index contributed by atoms with van der Waals surface area (Å²) in [5.41, 5.74) is 0. The van der Waals surface area contributed by atoms with Crippen LogP contribution in [0.5, 0.6) is 5.75 Å². The zero-order valence-electron chi connectivity index (χ0n) is 4.95. The molecule has 0 radical (unpaired) electrons. The maximum absolute atomic E-state index is 8.25. The van der Waals surface area contributed by atoms with Gasteiger partial charge in [-0.3, -0.25) is 4.55 Å². The molecule has 2 nitrogen and oxygen atoms in total. The van der Waals surface area contributed by atoms with E-state index >= 15 is 0 Å². The minimum Gasteiger partial charge on any atom is -0.401 e. The van der Waals surface area contributed by atoms with E-state index in [1.807, 2.05) is 0 Å². The predicted octanol–water partition coefficient (Wildman–Crippen LogP) is 2.84. The van der Waals surface area contributed by atoms with Gasteiger partial charge < -0.3 is 4.18 Å². The molecule has 1 aromatic rings. The Balaban J connectivity index is 2.69. The highest BCUT2D eigenvalue weighted by Crippen LogP contribution is 2.17. The van der Waals surface area contributed by atoms with E-state index < -0.39 is 0 Å². The smallest absolute Gasteiger partial charge is 0.222 e. The zero-order valence-corrected chi connectivity index (χ0v) is 6.52. The van der Waals surface area contributed by atoms with Crippen LogP contribution in [0.15, 0.2) is 24.3 Å².